The van der Waals surface area contributed by atoms with Crippen molar-refractivity contribution in [2.24, 2.45) is 5.92 Å². The summed E-state index contributed by atoms with van der Waals surface area (Å²) in [6.07, 6.45) is 3.46. The van der Waals surface area contributed by atoms with Crippen LogP contribution in [-0.2, 0) is 9.59 Å². The Bertz CT molecular complexity index is 876. The zero-order chi connectivity index (χ0) is 22.6. The number of hydroxylamine groups is 2. The van der Waals surface area contributed by atoms with Crippen molar-refractivity contribution in [1.29, 1.82) is 0 Å². The molecule has 2 rings (SSSR count). The largest absolute Gasteiger partial charge is 0.338 e. The van der Waals surface area contributed by atoms with Gasteiger partial charge in [0.15, 0.2) is 0 Å². The number of aromatic nitrogens is 1. The van der Waals surface area contributed by atoms with Crippen LogP contribution < -0.4 is 10.6 Å². The first-order valence-corrected chi connectivity index (χ1v) is 10.1. The monoisotopic (exact) mass is 430 g/mol. The zero-order valence-electron chi connectivity index (χ0n) is 17.4. The topological polar surface area (TPSA) is 112 Å². The third kappa shape index (κ3) is 7.78. The van der Waals surface area contributed by atoms with Gasteiger partial charge >= 0.3 is 0 Å². The summed E-state index contributed by atoms with van der Waals surface area (Å²) >= 11 is 0. The van der Waals surface area contributed by atoms with Crippen LogP contribution in [-0.4, -0.2) is 46.7 Å². The molecule has 0 saturated carbocycles. The fraction of sp³-hybridized carbons (Fsp3) is 0.364. The van der Waals surface area contributed by atoms with Gasteiger partial charge in [0.25, 0.3) is 5.91 Å². The number of nitrogens with one attached hydrogen (secondary N) is 2. The highest BCUT2D eigenvalue weighted by molar-refractivity contribution is 5.93. The Morgan fingerprint density at radius 3 is 2.58 bits per heavy atom. The molecule has 1 unspecified atom stereocenters. The zero-order valence-corrected chi connectivity index (χ0v) is 17.4. The highest BCUT2D eigenvalue weighted by atomic mass is 19.1. The number of nitrogens with zero attached hydrogens (tertiary/aromatic N) is 2. The molecule has 31 heavy (non-hydrogen) atoms. The second-order valence-corrected chi connectivity index (χ2v) is 7.06. The summed E-state index contributed by atoms with van der Waals surface area (Å²) < 4.78 is 13.1. The Kier molecular flexibility index (Phi) is 9.57. The molecule has 3 N–H and O–H groups in total. The van der Waals surface area contributed by atoms with Gasteiger partial charge < -0.3 is 10.6 Å². The normalized spacial score (nSPS) is 11.5. The van der Waals surface area contributed by atoms with Crippen LogP contribution in [0.1, 0.15) is 43.1 Å². The lowest BCUT2D eigenvalue weighted by Gasteiger charge is -2.19. The van der Waals surface area contributed by atoms with Crippen LogP contribution >= 0.6 is 0 Å². The molecule has 0 aliphatic rings. The molecule has 8 nitrogen and oxygen atoms in total. The molecule has 9 heteroatoms. The SMILES string of the molecule is CCCCCC(CN(O)C=O)C(=O)NCNC(=O)c1cccc(-c2ccc(F)cc2)n1. The maximum Gasteiger partial charge on any atom is 0.271 e. The highest BCUT2D eigenvalue weighted by Gasteiger charge is 2.20. The Morgan fingerprint density at radius 2 is 1.90 bits per heavy atom. The minimum atomic E-state index is -0.585. The average Bonchev–Trinajstić information content (AvgIpc) is 2.78. The highest BCUT2D eigenvalue weighted by Crippen LogP contribution is 2.17. The number of unbranched alkanes of at least 4 members (excludes halogenated alkanes) is 2. The van der Waals surface area contributed by atoms with Crippen LogP contribution in [0.5, 0.6) is 0 Å². The van der Waals surface area contributed by atoms with E-state index in [2.05, 4.69) is 15.6 Å². The number of carbonyl (C=O) groups excluding carboxylic acids is 3. The van der Waals surface area contributed by atoms with Gasteiger partial charge in [-0.3, -0.25) is 19.6 Å². The van der Waals surface area contributed by atoms with Gasteiger partial charge in [-0.05, 0) is 42.8 Å². The van der Waals surface area contributed by atoms with Gasteiger partial charge in [0.2, 0.25) is 12.3 Å². The van der Waals surface area contributed by atoms with E-state index >= 15 is 0 Å². The van der Waals surface area contributed by atoms with Crippen molar-refractivity contribution in [2.45, 2.75) is 32.6 Å². The molecule has 1 aromatic carbocycles. The molecular weight excluding hydrogens is 403 g/mol. The molecule has 0 radical (unpaired) electrons. The number of carbonyl (C=O) groups is 3. The first-order valence-electron chi connectivity index (χ1n) is 10.1. The van der Waals surface area contributed by atoms with E-state index in [9.17, 15) is 24.0 Å². The molecule has 1 aromatic heterocycles. The maximum absolute atomic E-state index is 13.1. The van der Waals surface area contributed by atoms with E-state index in [0.717, 1.165) is 19.3 Å². The third-order valence-corrected chi connectivity index (χ3v) is 4.69. The molecule has 0 bridgehead atoms. The number of halogens is 1. The van der Waals surface area contributed by atoms with E-state index in [1.54, 1.807) is 24.3 Å². The molecule has 2 aromatic rings. The smallest absolute Gasteiger partial charge is 0.271 e. The number of hydrogen-bond donors (Lipinski definition) is 3. The number of pyridine rings is 1. The van der Waals surface area contributed by atoms with Crippen LogP contribution in [0.2, 0.25) is 0 Å². The molecule has 166 valence electrons. The van der Waals surface area contributed by atoms with Crippen molar-refractivity contribution in [3.63, 3.8) is 0 Å². The van der Waals surface area contributed by atoms with Crippen molar-refractivity contribution in [3.8, 4) is 11.3 Å². The van der Waals surface area contributed by atoms with E-state index in [1.165, 1.54) is 18.2 Å². The van der Waals surface area contributed by atoms with Crippen LogP contribution in [0, 0.1) is 11.7 Å². The summed E-state index contributed by atoms with van der Waals surface area (Å²) in [7, 11) is 0. The van der Waals surface area contributed by atoms with E-state index in [1.807, 2.05) is 6.92 Å². The van der Waals surface area contributed by atoms with Crippen molar-refractivity contribution in [3.05, 3.63) is 54.0 Å². The molecular formula is C22H27FN4O4. The first-order chi connectivity index (χ1) is 14.9. The fourth-order valence-electron chi connectivity index (χ4n) is 3.00. The summed E-state index contributed by atoms with van der Waals surface area (Å²) in [4.78, 5) is 39.7. The number of hydrogen-bond acceptors (Lipinski definition) is 5. The molecule has 1 heterocycles. The maximum atomic E-state index is 13.1. The predicted molar refractivity (Wildman–Crippen MR) is 112 cm³/mol. The Hall–Kier alpha value is -3.33. The molecule has 0 fully saturated rings. The number of rotatable bonds is 12. The lowest BCUT2D eigenvalue weighted by Crippen LogP contribution is -2.43. The Morgan fingerprint density at radius 1 is 1.16 bits per heavy atom. The van der Waals surface area contributed by atoms with Crippen LogP contribution in [0.3, 0.4) is 0 Å². The third-order valence-electron chi connectivity index (χ3n) is 4.69. The number of amides is 3. The minimum absolute atomic E-state index is 0.117. The Balaban J connectivity index is 1.92. The van der Waals surface area contributed by atoms with Gasteiger partial charge in [-0.25, -0.2) is 14.4 Å². The van der Waals surface area contributed by atoms with Crippen molar-refractivity contribution in [2.75, 3.05) is 13.2 Å². The second-order valence-electron chi connectivity index (χ2n) is 7.06. The van der Waals surface area contributed by atoms with E-state index < -0.39 is 11.8 Å². The predicted octanol–water partition coefficient (Wildman–Crippen LogP) is 2.74. The van der Waals surface area contributed by atoms with Crippen LogP contribution in [0.25, 0.3) is 11.3 Å². The number of benzene rings is 1. The second kappa shape index (κ2) is 12.4. The summed E-state index contributed by atoms with van der Waals surface area (Å²) in [5.41, 5.74) is 1.34. The van der Waals surface area contributed by atoms with Gasteiger partial charge in [0.1, 0.15) is 11.5 Å². The molecule has 3 amide bonds. The van der Waals surface area contributed by atoms with Crippen LogP contribution in [0.15, 0.2) is 42.5 Å². The summed E-state index contributed by atoms with van der Waals surface area (Å²) in [6.45, 7) is 1.79. The molecule has 1 atom stereocenters. The standard InChI is InChI=1S/C22H27FN4O4/c1-2-3-4-6-17(13-27(31)15-28)21(29)24-14-25-22(30)20-8-5-7-19(26-20)16-9-11-18(23)12-10-16/h5,7-12,15,17,31H,2-4,6,13-14H2,1H3,(H,24,29)(H,25,30). The lowest BCUT2D eigenvalue weighted by molar-refractivity contribution is -0.154. The van der Waals surface area contributed by atoms with E-state index in [4.69, 9.17) is 0 Å². The van der Waals surface area contributed by atoms with Crippen molar-refractivity contribution >= 4 is 18.2 Å². The molecule has 0 aliphatic heterocycles. The van der Waals surface area contributed by atoms with Gasteiger partial charge in [-0.2, -0.15) is 0 Å². The van der Waals surface area contributed by atoms with Gasteiger partial charge in [-0.1, -0.05) is 32.3 Å². The molecule has 0 spiro atoms. The summed E-state index contributed by atoms with van der Waals surface area (Å²) in [5.74, 6) is -1.80. The summed E-state index contributed by atoms with van der Waals surface area (Å²) in [6, 6.07) is 10.7. The molecule has 0 saturated heterocycles. The summed E-state index contributed by atoms with van der Waals surface area (Å²) in [5, 5.41) is 15.0. The Labute approximate surface area is 180 Å². The van der Waals surface area contributed by atoms with Gasteiger partial charge in [0.05, 0.1) is 24.8 Å². The quantitative estimate of drug-likeness (QED) is 0.158. The average molecular weight is 430 g/mol. The molecule has 0 aliphatic carbocycles. The van der Waals surface area contributed by atoms with Crippen molar-refractivity contribution < 1.29 is 24.0 Å². The lowest BCUT2D eigenvalue weighted by atomic mass is 10.0. The van der Waals surface area contributed by atoms with E-state index in [-0.39, 0.29) is 37.0 Å². The van der Waals surface area contributed by atoms with E-state index in [0.29, 0.717) is 22.7 Å². The fourth-order valence-corrected chi connectivity index (χ4v) is 3.00. The van der Waals surface area contributed by atoms with Crippen LogP contribution in [0.4, 0.5) is 4.39 Å². The van der Waals surface area contributed by atoms with Gasteiger partial charge in [-0.15, -0.1) is 0 Å². The minimum Gasteiger partial charge on any atom is -0.338 e. The van der Waals surface area contributed by atoms with Gasteiger partial charge in [0, 0.05) is 5.56 Å². The van der Waals surface area contributed by atoms with Crippen molar-refractivity contribution in [1.82, 2.24) is 20.7 Å². The first kappa shape index (κ1) is 23.9.